The molecule has 16 heteroatoms. The highest BCUT2D eigenvalue weighted by Gasteiger charge is 2.36. The second-order valence-electron chi connectivity index (χ2n) is 12.3. The van der Waals surface area contributed by atoms with E-state index in [0.29, 0.717) is 12.8 Å². The molecule has 0 bridgehead atoms. The Balaban J connectivity index is 0.000000268. The van der Waals surface area contributed by atoms with E-state index in [-0.39, 0.29) is 69.2 Å². The van der Waals surface area contributed by atoms with Gasteiger partial charge in [-0.2, -0.15) is 0 Å². The number of amides is 1. The smallest absolute Gasteiger partial charge is 0.222 e. The number of allylic oxidation sites excluding steroid dienone is 1. The number of carbonyl (C=O) groups excluding carboxylic acids is 1. The van der Waals surface area contributed by atoms with Gasteiger partial charge in [0.1, 0.15) is 11.9 Å². The van der Waals surface area contributed by atoms with Gasteiger partial charge in [0.15, 0.2) is 6.29 Å². The maximum atomic E-state index is 11.9. The van der Waals surface area contributed by atoms with Crippen molar-refractivity contribution in [2.24, 2.45) is 28.7 Å². The Morgan fingerprint density at radius 2 is 1.89 bits per heavy atom. The number of hydrogen-bond donors (Lipinski definition) is 11. The molecule has 0 spiro atoms. The molecule has 16 N–H and O–H groups in total. The Labute approximate surface area is 272 Å². The molecule has 7 unspecified atom stereocenters. The van der Waals surface area contributed by atoms with Crippen molar-refractivity contribution in [2.75, 3.05) is 52.5 Å². The molecule has 4 rings (SSSR count). The summed E-state index contributed by atoms with van der Waals surface area (Å²) in [5, 5.41) is 43.2. The van der Waals surface area contributed by atoms with Crippen LogP contribution in [0.15, 0.2) is 11.8 Å². The summed E-state index contributed by atoms with van der Waals surface area (Å²) in [6.45, 7) is 4.00. The van der Waals surface area contributed by atoms with Crippen LogP contribution in [-0.4, -0.2) is 140 Å². The maximum absolute atomic E-state index is 11.9. The van der Waals surface area contributed by atoms with Crippen LogP contribution >= 0.6 is 0 Å². The number of rotatable bonds is 13. The first-order valence-electron chi connectivity index (χ1n) is 16.6. The number of nitrogens with two attached hydrogens (primary N) is 5. The third-order valence-electron chi connectivity index (χ3n) is 8.14. The van der Waals surface area contributed by atoms with Gasteiger partial charge in [-0.1, -0.05) is 0 Å². The first-order valence-corrected chi connectivity index (χ1v) is 16.6. The molecule has 3 heterocycles. The van der Waals surface area contributed by atoms with Gasteiger partial charge in [0.25, 0.3) is 0 Å². The topological polar surface area (TPSA) is 289 Å². The minimum Gasteiger partial charge on any atom is -0.497 e. The molecule has 4 aliphatic rings. The highest BCUT2D eigenvalue weighted by atomic mass is 16.7. The van der Waals surface area contributed by atoms with E-state index in [1.54, 1.807) is 0 Å². The molecule has 2 saturated heterocycles. The molecule has 0 aromatic rings. The molecule has 3 aliphatic heterocycles. The van der Waals surface area contributed by atoms with Crippen molar-refractivity contribution < 1.29 is 44.2 Å². The minimum atomic E-state index is -0.955. The Morgan fingerprint density at radius 1 is 1.11 bits per heavy atom. The number of ether oxygens (including phenoxy) is 4. The van der Waals surface area contributed by atoms with Crippen LogP contribution in [-0.2, 0) is 23.7 Å². The summed E-state index contributed by atoms with van der Waals surface area (Å²) in [5.74, 6) is 0.872. The lowest BCUT2D eigenvalue weighted by Crippen LogP contribution is -2.58. The Bertz CT molecular complexity index is 860. The van der Waals surface area contributed by atoms with Gasteiger partial charge in [0.2, 0.25) is 5.91 Å². The predicted octanol–water partition coefficient (Wildman–Crippen LogP) is -3.41. The SMILES string of the molecule is NCC(O)CC(=O)NC1CC(N)CC(OC2CCC(CO)O2)C1.NCCCNCC1=CCCCO1.NC[C@@H]1OC[C@H](N)C(O)[C@@H]1O. The summed E-state index contributed by atoms with van der Waals surface area (Å²) in [4.78, 5) is 11.9. The van der Waals surface area contributed by atoms with E-state index in [4.69, 9.17) is 52.7 Å². The highest BCUT2D eigenvalue weighted by Crippen LogP contribution is 2.27. The van der Waals surface area contributed by atoms with Crippen molar-refractivity contribution in [3.63, 3.8) is 0 Å². The molecule has 0 aromatic carbocycles. The van der Waals surface area contributed by atoms with Crippen molar-refractivity contribution in [2.45, 2.75) is 119 Å². The van der Waals surface area contributed by atoms with Crippen LogP contribution < -0.4 is 39.3 Å². The number of carbonyl (C=O) groups is 1. The third kappa shape index (κ3) is 15.6. The van der Waals surface area contributed by atoms with Crippen LogP contribution in [0, 0.1) is 0 Å². The summed E-state index contributed by atoms with van der Waals surface area (Å²) in [5.41, 5.74) is 27.4. The highest BCUT2D eigenvalue weighted by molar-refractivity contribution is 5.76. The largest absolute Gasteiger partial charge is 0.497 e. The van der Waals surface area contributed by atoms with Gasteiger partial charge in [-0.05, 0) is 64.1 Å². The lowest BCUT2D eigenvalue weighted by molar-refractivity contribution is -0.175. The molecule has 10 atom stereocenters. The number of aliphatic hydroxyl groups is 4. The Hall–Kier alpha value is -1.51. The number of nitrogens with one attached hydrogen (secondary N) is 2. The van der Waals surface area contributed by atoms with E-state index in [1.165, 1.54) is 0 Å². The van der Waals surface area contributed by atoms with Crippen molar-refractivity contribution in [1.82, 2.24) is 10.6 Å². The summed E-state index contributed by atoms with van der Waals surface area (Å²) in [6.07, 6.45) is 5.44. The minimum absolute atomic E-state index is 0.00230. The van der Waals surface area contributed by atoms with Gasteiger partial charge in [0, 0.05) is 31.6 Å². The van der Waals surface area contributed by atoms with Crippen molar-refractivity contribution in [3.05, 3.63) is 11.8 Å². The van der Waals surface area contributed by atoms with Gasteiger partial charge in [-0.3, -0.25) is 4.79 Å². The molecule has 270 valence electrons. The van der Waals surface area contributed by atoms with E-state index in [0.717, 1.165) is 70.5 Å². The van der Waals surface area contributed by atoms with Crippen LogP contribution in [0.3, 0.4) is 0 Å². The molecular formula is C30H61N7O9. The quantitative estimate of drug-likeness (QED) is 0.0856. The molecule has 1 amide bonds. The molecule has 16 nitrogen and oxygen atoms in total. The second kappa shape index (κ2) is 23.0. The third-order valence-corrected chi connectivity index (χ3v) is 8.14. The average molecular weight is 664 g/mol. The van der Waals surface area contributed by atoms with E-state index < -0.39 is 30.5 Å². The van der Waals surface area contributed by atoms with Gasteiger partial charge >= 0.3 is 0 Å². The zero-order chi connectivity index (χ0) is 33.9. The second-order valence-corrected chi connectivity index (χ2v) is 12.3. The van der Waals surface area contributed by atoms with Gasteiger partial charge < -0.3 is 78.7 Å². The fourth-order valence-corrected chi connectivity index (χ4v) is 5.53. The van der Waals surface area contributed by atoms with Crippen LogP contribution in [0.4, 0.5) is 0 Å². The average Bonchev–Trinajstić information content (AvgIpc) is 3.50. The predicted molar refractivity (Wildman–Crippen MR) is 172 cm³/mol. The molecular weight excluding hydrogens is 602 g/mol. The monoisotopic (exact) mass is 663 g/mol. The zero-order valence-corrected chi connectivity index (χ0v) is 27.1. The first-order chi connectivity index (χ1) is 22.1. The standard InChI is InChI=1S/C15H29N3O5.C9H18N2O.C6H14N2O3/c16-7-11(20)6-14(21)18-10-3-9(17)4-13(5-10)23-15-2-1-12(8-19)22-15;10-5-3-6-11-8-9-4-1-2-7-12-9;7-1-4-6(10)5(9)3(8)2-11-4/h9-13,15,19-20H,1-8,16-17H2,(H,18,21);4,11H,1-3,5-8,10H2;3-6,9-10H,1-2,7-8H2/t;;3-,4-,5?,6+/m..0/s1. The Kier molecular flexibility index (Phi) is 20.3. The molecule has 0 radical (unpaired) electrons. The van der Waals surface area contributed by atoms with E-state index in [1.807, 2.05) is 0 Å². The van der Waals surface area contributed by atoms with Crippen LogP contribution in [0.5, 0.6) is 0 Å². The molecule has 0 aromatic heterocycles. The normalized spacial score (nSPS) is 33.3. The summed E-state index contributed by atoms with van der Waals surface area (Å²) >= 11 is 0. The van der Waals surface area contributed by atoms with E-state index in [9.17, 15) is 20.1 Å². The Morgan fingerprint density at radius 3 is 2.52 bits per heavy atom. The van der Waals surface area contributed by atoms with Crippen molar-refractivity contribution in [1.29, 1.82) is 0 Å². The lowest BCUT2D eigenvalue weighted by Gasteiger charge is -2.35. The molecule has 46 heavy (non-hydrogen) atoms. The van der Waals surface area contributed by atoms with Crippen LogP contribution in [0.1, 0.15) is 57.8 Å². The lowest BCUT2D eigenvalue weighted by atomic mass is 9.89. The zero-order valence-electron chi connectivity index (χ0n) is 27.1. The van der Waals surface area contributed by atoms with Crippen molar-refractivity contribution >= 4 is 5.91 Å². The molecule has 1 saturated carbocycles. The number of hydrogen-bond acceptors (Lipinski definition) is 15. The van der Waals surface area contributed by atoms with Gasteiger partial charge in [0.05, 0.1) is 69.3 Å². The van der Waals surface area contributed by atoms with Gasteiger partial charge in [-0.25, -0.2) is 0 Å². The van der Waals surface area contributed by atoms with Crippen molar-refractivity contribution in [3.8, 4) is 0 Å². The first kappa shape index (κ1) is 40.7. The maximum Gasteiger partial charge on any atom is 0.222 e. The molecule has 1 aliphatic carbocycles. The summed E-state index contributed by atoms with van der Waals surface area (Å²) in [7, 11) is 0. The fourth-order valence-electron chi connectivity index (χ4n) is 5.53. The fraction of sp³-hybridized carbons (Fsp3) is 0.900. The van der Waals surface area contributed by atoms with Crippen LogP contribution in [0.25, 0.3) is 0 Å². The number of aliphatic hydroxyl groups excluding tert-OH is 4. The summed E-state index contributed by atoms with van der Waals surface area (Å²) < 4.78 is 22.0. The van der Waals surface area contributed by atoms with Crippen LogP contribution in [0.2, 0.25) is 0 Å². The van der Waals surface area contributed by atoms with Gasteiger partial charge in [-0.15, -0.1) is 0 Å². The molecule has 3 fully saturated rings. The summed E-state index contributed by atoms with van der Waals surface area (Å²) in [6, 6.07) is -0.627. The van der Waals surface area contributed by atoms with E-state index >= 15 is 0 Å². The van der Waals surface area contributed by atoms with E-state index in [2.05, 4.69) is 16.7 Å².